The number of hydrogen-bond donors (Lipinski definition) is 0. The number of carbonyl (C=O) groups is 1. The summed E-state index contributed by atoms with van der Waals surface area (Å²) in [4.78, 5) is 13.6. The van der Waals surface area contributed by atoms with E-state index in [1.54, 1.807) is 11.8 Å². The maximum atomic E-state index is 12.4. The van der Waals surface area contributed by atoms with E-state index in [4.69, 9.17) is 0 Å². The molecule has 0 saturated heterocycles. The smallest absolute Gasteiger partial charge is 0.146 e. The van der Waals surface area contributed by atoms with Crippen LogP contribution in [0.2, 0.25) is 0 Å². The standard InChI is InChI=1S/C18H26OS/c19-17-14-10-5-3-1-2-4-6-11-15-18(17)20-16-12-8-7-9-13-16/h7-9,12-13,18H,1-6,10-11,14-15H2. The lowest BCUT2D eigenvalue weighted by molar-refractivity contribution is -0.118. The molecule has 1 fully saturated rings. The topological polar surface area (TPSA) is 17.1 Å². The molecule has 0 N–H and O–H groups in total. The zero-order valence-corrected chi connectivity index (χ0v) is 13.2. The van der Waals surface area contributed by atoms with E-state index < -0.39 is 0 Å². The Kier molecular flexibility index (Phi) is 7.21. The van der Waals surface area contributed by atoms with Gasteiger partial charge in [-0.2, -0.15) is 0 Å². The van der Waals surface area contributed by atoms with Crippen molar-refractivity contribution in [3.05, 3.63) is 30.3 Å². The van der Waals surface area contributed by atoms with E-state index in [0.29, 0.717) is 5.78 Å². The van der Waals surface area contributed by atoms with E-state index in [0.717, 1.165) is 19.3 Å². The molecule has 1 aliphatic rings. The van der Waals surface area contributed by atoms with Gasteiger partial charge in [0, 0.05) is 11.3 Å². The average Bonchev–Trinajstić information content (AvgIpc) is 2.47. The van der Waals surface area contributed by atoms with Crippen molar-refractivity contribution in [2.24, 2.45) is 0 Å². The molecule has 1 aromatic rings. The van der Waals surface area contributed by atoms with Crippen molar-refractivity contribution in [3.8, 4) is 0 Å². The van der Waals surface area contributed by atoms with Crippen LogP contribution in [-0.4, -0.2) is 11.0 Å². The lowest BCUT2D eigenvalue weighted by atomic mass is 10.00. The summed E-state index contributed by atoms with van der Waals surface area (Å²) < 4.78 is 0. The summed E-state index contributed by atoms with van der Waals surface area (Å²) in [5.74, 6) is 0.472. The van der Waals surface area contributed by atoms with Gasteiger partial charge in [-0.05, 0) is 25.0 Å². The number of Topliss-reactive ketones (excluding diaryl/α,β-unsaturated/α-hetero) is 1. The molecule has 1 nitrogen and oxygen atoms in total. The maximum Gasteiger partial charge on any atom is 0.146 e. The molecule has 1 atom stereocenters. The van der Waals surface area contributed by atoms with Crippen LogP contribution in [0.25, 0.3) is 0 Å². The van der Waals surface area contributed by atoms with Crippen LogP contribution in [0.5, 0.6) is 0 Å². The Morgan fingerprint density at radius 1 is 0.800 bits per heavy atom. The van der Waals surface area contributed by atoms with E-state index >= 15 is 0 Å². The van der Waals surface area contributed by atoms with Gasteiger partial charge in [0.2, 0.25) is 0 Å². The molecular formula is C18H26OS. The molecule has 1 aliphatic carbocycles. The number of hydrogen-bond acceptors (Lipinski definition) is 2. The molecule has 0 aliphatic heterocycles. The van der Waals surface area contributed by atoms with Gasteiger partial charge in [0.05, 0.1) is 5.25 Å². The quantitative estimate of drug-likeness (QED) is 0.702. The third-order valence-corrected chi connectivity index (χ3v) is 5.35. The monoisotopic (exact) mass is 290 g/mol. The van der Waals surface area contributed by atoms with E-state index in [1.165, 1.54) is 49.8 Å². The van der Waals surface area contributed by atoms with Crippen molar-refractivity contribution in [2.75, 3.05) is 0 Å². The fourth-order valence-electron chi connectivity index (χ4n) is 2.80. The SMILES string of the molecule is O=C1CCCCCCCCCCC1Sc1ccccc1. The van der Waals surface area contributed by atoms with Crippen LogP contribution in [0.1, 0.15) is 64.2 Å². The van der Waals surface area contributed by atoms with Crippen LogP contribution in [-0.2, 0) is 4.79 Å². The predicted molar refractivity (Wildman–Crippen MR) is 87.3 cm³/mol. The summed E-state index contributed by atoms with van der Waals surface area (Å²) in [6, 6.07) is 10.4. The number of thioether (sulfide) groups is 1. The van der Waals surface area contributed by atoms with Crippen molar-refractivity contribution in [1.29, 1.82) is 0 Å². The minimum atomic E-state index is 0.178. The van der Waals surface area contributed by atoms with Crippen molar-refractivity contribution in [2.45, 2.75) is 74.4 Å². The van der Waals surface area contributed by atoms with Gasteiger partial charge in [-0.3, -0.25) is 4.79 Å². The predicted octanol–water partition coefficient (Wildman–Crippen LogP) is 5.63. The van der Waals surface area contributed by atoms with Crippen LogP contribution in [0.3, 0.4) is 0 Å². The fourth-order valence-corrected chi connectivity index (χ4v) is 3.98. The van der Waals surface area contributed by atoms with Gasteiger partial charge in [0.25, 0.3) is 0 Å². The average molecular weight is 290 g/mol. The number of carbonyl (C=O) groups excluding carboxylic acids is 1. The highest BCUT2D eigenvalue weighted by Crippen LogP contribution is 2.29. The third-order valence-electron chi connectivity index (χ3n) is 4.02. The molecule has 0 heterocycles. The Labute approximate surface area is 127 Å². The van der Waals surface area contributed by atoms with Crippen molar-refractivity contribution in [3.63, 3.8) is 0 Å². The van der Waals surface area contributed by atoms with Crippen molar-refractivity contribution >= 4 is 17.5 Å². The van der Waals surface area contributed by atoms with E-state index in [-0.39, 0.29) is 5.25 Å². The Morgan fingerprint density at radius 2 is 1.40 bits per heavy atom. The van der Waals surface area contributed by atoms with Crippen LogP contribution < -0.4 is 0 Å². The first kappa shape index (κ1) is 15.6. The van der Waals surface area contributed by atoms with Crippen LogP contribution in [0.15, 0.2) is 35.2 Å². The number of rotatable bonds is 2. The third kappa shape index (κ3) is 5.70. The summed E-state index contributed by atoms with van der Waals surface area (Å²) >= 11 is 1.77. The van der Waals surface area contributed by atoms with Crippen LogP contribution >= 0.6 is 11.8 Å². The van der Waals surface area contributed by atoms with Gasteiger partial charge in [-0.15, -0.1) is 11.8 Å². The summed E-state index contributed by atoms with van der Waals surface area (Å²) in [6.45, 7) is 0. The first-order valence-corrected chi connectivity index (χ1v) is 8.98. The second-order valence-electron chi connectivity index (χ2n) is 5.75. The molecule has 1 saturated carbocycles. The van der Waals surface area contributed by atoms with Crippen LogP contribution in [0, 0.1) is 0 Å². The van der Waals surface area contributed by atoms with Gasteiger partial charge in [-0.1, -0.05) is 63.1 Å². The number of benzene rings is 1. The molecule has 0 aromatic heterocycles. The second-order valence-corrected chi connectivity index (χ2v) is 7.03. The van der Waals surface area contributed by atoms with E-state index in [9.17, 15) is 4.79 Å². The number of ketones is 1. The van der Waals surface area contributed by atoms with Crippen molar-refractivity contribution in [1.82, 2.24) is 0 Å². The lowest BCUT2D eigenvalue weighted by Crippen LogP contribution is -2.17. The molecule has 0 radical (unpaired) electrons. The molecule has 2 heteroatoms. The molecule has 110 valence electrons. The molecule has 0 spiro atoms. The van der Waals surface area contributed by atoms with Gasteiger partial charge in [-0.25, -0.2) is 0 Å². The highest BCUT2D eigenvalue weighted by molar-refractivity contribution is 8.00. The summed E-state index contributed by atoms with van der Waals surface area (Å²) in [6.07, 6.45) is 12.0. The molecular weight excluding hydrogens is 264 g/mol. The zero-order chi connectivity index (χ0) is 14.0. The molecule has 0 bridgehead atoms. The van der Waals surface area contributed by atoms with E-state index in [1.807, 2.05) is 6.07 Å². The largest absolute Gasteiger partial charge is 0.298 e. The van der Waals surface area contributed by atoms with Gasteiger partial charge in [0.15, 0.2) is 0 Å². The molecule has 0 amide bonds. The molecule has 20 heavy (non-hydrogen) atoms. The summed E-state index contributed by atoms with van der Waals surface area (Å²) in [7, 11) is 0. The molecule has 1 unspecified atom stereocenters. The highest BCUT2D eigenvalue weighted by atomic mass is 32.2. The van der Waals surface area contributed by atoms with E-state index in [2.05, 4.69) is 24.3 Å². The first-order chi connectivity index (χ1) is 9.86. The zero-order valence-electron chi connectivity index (χ0n) is 12.4. The fraction of sp³-hybridized carbons (Fsp3) is 0.611. The molecule has 1 aromatic carbocycles. The summed E-state index contributed by atoms with van der Waals surface area (Å²) in [5, 5.41) is 0.178. The first-order valence-electron chi connectivity index (χ1n) is 8.11. The minimum Gasteiger partial charge on any atom is -0.298 e. The summed E-state index contributed by atoms with van der Waals surface area (Å²) in [5.41, 5.74) is 0. The normalized spacial score (nSPS) is 22.8. The van der Waals surface area contributed by atoms with Gasteiger partial charge < -0.3 is 0 Å². The maximum absolute atomic E-state index is 12.4. The van der Waals surface area contributed by atoms with Crippen molar-refractivity contribution < 1.29 is 4.79 Å². The highest BCUT2D eigenvalue weighted by Gasteiger charge is 2.19. The Morgan fingerprint density at radius 3 is 2.10 bits per heavy atom. The Balaban J connectivity index is 1.92. The molecule has 2 rings (SSSR count). The van der Waals surface area contributed by atoms with Gasteiger partial charge in [0.1, 0.15) is 5.78 Å². The Bertz CT molecular complexity index is 388. The minimum absolute atomic E-state index is 0.178. The van der Waals surface area contributed by atoms with Gasteiger partial charge >= 0.3 is 0 Å². The second kappa shape index (κ2) is 9.23. The van der Waals surface area contributed by atoms with Crippen LogP contribution in [0.4, 0.5) is 0 Å². The lowest BCUT2D eigenvalue weighted by Gasteiger charge is -2.16. The Hall–Kier alpha value is -0.760.